The summed E-state index contributed by atoms with van der Waals surface area (Å²) in [6, 6.07) is 16.2. The van der Waals surface area contributed by atoms with E-state index >= 15 is 0 Å². The molecule has 134 valence electrons. The molecule has 8 heteroatoms. The highest BCUT2D eigenvalue weighted by Crippen LogP contribution is 2.33. The molecule has 0 saturated carbocycles. The van der Waals surface area contributed by atoms with Crippen LogP contribution in [-0.4, -0.2) is 33.8 Å². The number of ether oxygens (including phenoxy) is 1. The van der Waals surface area contributed by atoms with Crippen LogP contribution in [0.5, 0.6) is 0 Å². The summed E-state index contributed by atoms with van der Waals surface area (Å²) in [6.45, 7) is 2.07. The number of hydrogen-bond donors (Lipinski definition) is 1. The predicted molar refractivity (Wildman–Crippen MR) is 110 cm³/mol. The number of benzene rings is 2. The topological polar surface area (TPSA) is 71.8 Å². The first kappa shape index (κ1) is 16.5. The molecule has 27 heavy (non-hydrogen) atoms. The van der Waals surface area contributed by atoms with E-state index in [0.717, 1.165) is 31.9 Å². The Morgan fingerprint density at radius 2 is 1.96 bits per heavy atom. The Balaban J connectivity index is 1.28. The first-order chi connectivity index (χ1) is 13.3. The first-order valence-corrected chi connectivity index (χ1v) is 10.3. The fourth-order valence-electron chi connectivity index (χ4n) is 3.03. The van der Waals surface area contributed by atoms with Crippen LogP contribution >= 0.6 is 23.1 Å². The number of aryl methyl sites for hydroxylation is 1. The standard InChI is InChI=1S/C19H15N5OS2/c1-11-6-5-9-13-15(11)20-17-16(13)22-21-14(25-17)10-26-19-24-23-18(27-19)12-7-3-2-4-8-12/h2-9,17,20H,10H2,1H3. The fourth-order valence-corrected chi connectivity index (χ4v) is 4.73. The Morgan fingerprint density at radius 3 is 2.85 bits per heavy atom. The molecular weight excluding hydrogens is 378 g/mol. The van der Waals surface area contributed by atoms with E-state index in [1.54, 1.807) is 23.1 Å². The summed E-state index contributed by atoms with van der Waals surface area (Å²) in [7, 11) is 0. The highest BCUT2D eigenvalue weighted by molar-refractivity contribution is 8.01. The van der Waals surface area contributed by atoms with E-state index in [1.165, 1.54) is 5.56 Å². The summed E-state index contributed by atoms with van der Waals surface area (Å²) in [5.41, 5.74) is 5.22. The van der Waals surface area contributed by atoms with Crippen molar-refractivity contribution in [2.45, 2.75) is 17.5 Å². The van der Waals surface area contributed by atoms with Gasteiger partial charge < -0.3 is 10.1 Å². The molecule has 2 aromatic carbocycles. The van der Waals surface area contributed by atoms with Crippen LogP contribution < -0.4 is 5.32 Å². The number of aromatic nitrogens is 2. The number of fused-ring (bicyclic) bond motifs is 3. The molecule has 0 aliphatic carbocycles. The van der Waals surface area contributed by atoms with Crippen molar-refractivity contribution in [1.82, 2.24) is 10.2 Å². The van der Waals surface area contributed by atoms with Gasteiger partial charge in [0.1, 0.15) is 10.7 Å². The lowest BCUT2D eigenvalue weighted by Gasteiger charge is -2.18. The van der Waals surface area contributed by atoms with Gasteiger partial charge in [-0.1, -0.05) is 71.6 Å². The highest BCUT2D eigenvalue weighted by atomic mass is 32.2. The third kappa shape index (κ3) is 3.11. The first-order valence-electron chi connectivity index (χ1n) is 8.47. The molecule has 0 bridgehead atoms. The van der Waals surface area contributed by atoms with Crippen molar-refractivity contribution in [3.8, 4) is 10.6 Å². The zero-order valence-corrected chi connectivity index (χ0v) is 16.0. The number of nitrogens with one attached hydrogen (secondary N) is 1. The SMILES string of the molecule is Cc1cccc2c1NC1OC(CSc3nnc(-c4ccccc4)s3)=NN=C21. The molecule has 1 atom stereocenters. The van der Waals surface area contributed by atoms with Gasteiger partial charge in [0.05, 0.1) is 5.75 Å². The molecule has 0 spiro atoms. The molecule has 6 nitrogen and oxygen atoms in total. The van der Waals surface area contributed by atoms with Crippen molar-refractivity contribution >= 4 is 40.4 Å². The lowest BCUT2D eigenvalue weighted by atomic mass is 10.1. The average Bonchev–Trinajstić information content (AvgIpc) is 3.32. The summed E-state index contributed by atoms with van der Waals surface area (Å²) in [4.78, 5) is 0. The second-order valence-electron chi connectivity index (χ2n) is 6.15. The Hall–Kier alpha value is -2.71. The van der Waals surface area contributed by atoms with Gasteiger partial charge in [-0.15, -0.1) is 20.4 Å². The van der Waals surface area contributed by atoms with Gasteiger partial charge in [0.2, 0.25) is 12.1 Å². The van der Waals surface area contributed by atoms with Crippen molar-refractivity contribution < 1.29 is 4.74 Å². The maximum Gasteiger partial charge on any atom is 0.221 e. The van der Waals surface area contributed by atoms with Crippen LogP contribution in [0.4, 0.5) is 5.69 Å². The molecule has 0 saturated heterocycles. The maximum absolute atomic E-state index is 6.00. The normalized spacial score (nSPS) is 17.3. The van der Waals surface area contributed by atoms with Gasteiger partial charge >= 0.3 is 0 Å². The Kier molecular flexibility index (Phi) is 4.14. The molecule has 2 aliphatic rings. The molecule has 1 aromatic heterocycles. The molecule has 3 aromatic rings. The number of anilines is 1. The third-order valence-corrected chi connectivity index (χ3v) is 6.43. The van der Waals surface area contributed by atoms with Crippen molar-refractivity contribution in [3.63, 3.8) is 0 Å². The maximum atomic E-state index is 6.00. The molecule has 5 rings (SSSR count). The summed E-state index contributed by atoms with van der Waals surface area (Å²) < 4.78 is 6.89. The zero-order chi connectivity index (χ0) is 18.2. The smallest absolute Gasteiger partial charge is 0.221 e. The number of rotatable bonds is 4. The minimum absolute atomic E-state index is 0.275. The van der Waals surface area contributed by atoms with Crippen LogP contribution in [0.2, 0.25) is 0 Å². The monoisotopic (exact) mass is 393 g/mol. The van der Waals surface area contributed by atoms with E-state index < -0.39 is 0 Å². The second kappa shape index (κ2) is 6.79. The van der Waals surface area contributed by atoms with E-state index in [0.29, 0.717) is 11.7 Å². The fraction of sp³-hybridized carbons (Fsp3) is 0.158. The number of thioether (sulfide) groups is 1. The van der Waals surface area contributed by atoms with E-state index in [2.05, 4.69) is 38.7 Å². The van der Waals surface area contributed by atoms with E-state index in [9.17, 15) is 0 Å². The van der Waals surface area contributed by atoms with Crippen LogP contribution in [0.1, 0.15) is 11.1 Å². The summed E-state index contributed by atoms with van der Waals surface area (Å²) >= 11 is 3.12. The van der Waals surface area contributed by atoms with Crippen LogP contribution in [0.15, 0.2) is 63.1 Å². The summed E-state index contributed by atoms with van der Waals surface area (Å²) in [5, 5.41) is 21.5. The van der Waals surface area contributed by atoms with Crippen molar-refractivity contribution in [2.75, 3.05) is 11.1 Å². The molecule has 3 heterocycles. The van der Waals surface area contributed by atoms with Crippen molar-refractivity contribution in [1.29, 1.82) is 0 Å². The predicted octanol–water partition coefficient (Wildman–Crippen LogP) is 4.19. The van der Waals surface area contributed by atoms with E-state index in [1.807, 2.05) is 42.5 Å². The lowest BCUT2D eigenvalue weighted by molar-refractivity contribution is 0.276. The number of hydrogen-bond acceptors (Lipinski definition) is 8. The van der Waals surface area contributed by atoms with Gasteiger partial charge in [-0.3, -0.25) is 0 Å². The molecule has 0 radical (unpaired) electrons. The minimum atomic E-state index is -0.275. The molecule has 1 N–H and O–H groups in total. The highest BCUT2D eigenvalue weighted by Gasteiger charge is 2.33. The molecule has 2 aliphatic heterocycles. The number of para-hydroxylation sites is 1. The van der Waals surface area contributed by atoms with Crippen LogP contribution in [0.25, 0.3) is 10.6 Å². The van der Waals surface area contributed by atoms with Gasteiger partial charge in [0.15, 0.2) is 4.34 Å². The molecule has 0 fully saturated rings. The third-order valence-electron chi connectivity index (χ3n) is 4.34. The van der Waals surface area contributed by atoms with Gasteiger partial charge in [-0.2, -0.15) is 0 Å². The lowest BCUT2D eigenvalue weighted by Crippen LogP contribution is -2.32. The van der Waals surface area contributed by atoms with E-state index in [4.69, 9.17) is 4.74 Å². The molecular formula is C19H15N5OS2. The second-order valence-corrected chi connectivity index (χ2v) is 8.35. The van der Waals surface area contributed by atoms with Crippen molar-refractivity contribution in [3.05, 3.63) is 59.7 Å². The van der Waals surface area contributed by atoms with Gasteiger partial charge in [0, 0.05) is 16.8 Å². The Bertz CT molecular complexity index is 1060. The Morgan fingerprint density at radius 1 is 1.07 bits per heavy atom. The molecule has 1 unspecified atom stereocenters. The van der Waals surface area contributed by atoms with Crippen LogP contribution in [0.3, 0.4) is 0 Å². The summed E-state index contributed by atoms with van der Waals surface area (Å²) in [5.74, 6) is 1.15. The largest absolute Gasteiger partial charge is 0.449 e. The average molecular weight is 393 g/mol. The van der Waals surface area contributed by atoms with Crippen molar-refractivity contribution in [2.24, 2.45) is 10.2 Å². The Labute approximate surface area is 164 Å². The van der Waals surface area contributed by atoms with Gasteiger partial charge in [-0.05, 0) is 12.5 Å². The molecule has 0 amide bonds. The van der Waals surface area contributed by atoms with Crippen LogP contribution in [-0.2, 0) is 4.74 Å². The quantitative estimate of drug-likeness (QED) is 0.673. The van der Waals surface area contributed by atoms with Crippen LogP contribution in [0, 0.1) is 6.92 Å². The minimum Gasteiger partial charge on any atom is -0.449 e. The van der Waals surface area contributed by atoms with E-state index in [-0.39, 0.29) is 6.23 Å². The summed E-state index contributed by atoms with van der Waals surface area (Å²) in [6.07, 6.45) is -0.275. The number of nitrogens with zero attached hydrogens (tertiary/aromatic N) is 4. The van der Waals surface area contributed by atoms with Gasteiger partial charge in [-0.25, -0.2) is 0 Å². The zero-order valence-electron chi connectivity index (χ0n) is 14.4. The van der Waals surface area contributed by atoms with Gasteiger partial charge in [0.25, 0.3) is 0 Å².